The predicted molar refractivity (Wildman–Crippen MR) is 35.1 cm³/mol. The number of aliphatic carboxylic acids is 1. The Morgan fingerprint density at radius 2 is 2.09 bits per heavy atom. The molecule has 0 atom stereocenters. The van der Waals surface area contributed by atoms with Crippen LogP contribution in [0.1, 0.15) is 6.42 Å². The lowest BCUT2D eigenvalue weighted by Gasteiger charge is -2.03. The van der Waals surface area contributed by atoms with E-state index >= 15 is 0 Å². The van der Waals surface area contributed by atoms with Gasteiger partial charge >= 0.3 is 5.97 Å². The van der Waals surface area contributed by atoms with Crippen molar-refractivity contribution >= 4 is 11.9 Å². The topological polar surface area (TPSA) is 66.4 Å². The zero-order chi connectivity index (χ0) is 8.85. The van der Waals surface area contributed by atoms with Gasteiger partial charge in [0.15, 0.2) is 0 Å². The van der Waals surface area contributed by atoms with Crippen LogP contribution in [0.2, 0.25) is 0 Å². The van der Waals surface area contributed by atoms with Crippen molar-refractivity contribution in [3.05, 3.63) is 25.0 Å². The third-order valence-corrected chi connectivity index (χ3v) is 0.861. The highest BCUT2D eigenvalue weighted by molar-refractivity contribution is 5.90. The largest absolute Gasteiger partial charge is 0.545 e. The molecule has 0 aliphatic carbocycles. The maximum absolute atomic E-state index is 10.5. The number of ether oxygens (including phenoxy) is 1. The molecule has 4 heteroatoms. The number of carboxylic acids is 1. The predicted octanol–water partition coefficient (Wildman–Crippen LogP) is -0.631. The first kappa shape index (κ1) is 9.42. The molecule has 0 bridgehead atoms. The van der Waals surface area contributed by atoms with Crippen LogP contribution in [-0.2, 0) is 14.3 Å². The monoisotopic (exact) mass is 155 g/mol. The van der Waals surface area contributed by atoms with Gasteiger partial charge in [0.25, 0.3) is 0 Å². The van der Waals surface area contributed by atoms with E-state index in [0.717, 1.165) is 6.26 Å². The molecule has 0 saturated heterocycles. The minimum absolute atomic E-state index is 0.308. The average molecular weight is 155 g/mol. The second kappa shape index (κ2) is 4.27. The fraction of sp³-hybridized carbons (Fsp3) is 0.143. The molecule has 0 heterocycles. The number of esters is 1. The van der Waals surface area contributed by atoms with Gasteiger partial charge in [-0.3, -0.25) is 4.79 Å². The molecule has 0 aromatic heterocycles. The van der Waals surface area contributed by atoms with E-state index in [0.29, 0.717) is 0 Å². The molecule has 0 amide bonds. The van der Waals surface area contributed by atoms with Crippen LogP contribution < -0.4 is 5.11 Å². The van der Waals surface area contributed by atoms with Crippen LogP contribution in [0.5, 0.6) is 0 Å². The Labute approximate surface area is 63.8 Å². The lowest BCUT2D eigenvalue weighted by Crippen LogP contribution is -2.25. The van der Waals surface area contributed by atoms with E-state index in [4.69, 9.17) is 0 Å². The molecule has 0 saturated carbocycles. The molecule has 0 aliphatic heterocycles. The molecular formula is C7H7O4-. The number of carbonyl (C=O) groups excluding carboxylic acids is 2. The van der Waals surface area contributed by atoms with Crippen molar-refractivity contribution in [2.24, 2.45) is 0 Å². The minimum atomic E-state index is -1.45. The molecule has 0 aliphatic rings. The van der Waals surface area contributed by atoms with E-state index in [1.165, 1.54) is 0 Å². The third-order valence-electron chi connectivity index (χ3n) is 0.861. The normalized spacial score (nSPS) is 8.36. The lowest BCUT2D eigenvalue weighted by molar-refractivity contribution is -0.299. The lowest BCUT2D eigenvalue weighted by atomic mass is 10.2. The molecule has 0 fully saturated rings. The summed E-state index contributed by atoms with van der Waals surface area (Å²) >= 11 is 0. The van der Waals surface area contributed by atoms with Crippen LogP contribution in [0.25, 0.3) is 0 Å². The summed E-state index contributed by atoms with van der Waals surface area (Å²) in [6, 6.07) is 0. The molecule has 0 aromatic rings. The Bertz CT molecular complexity index is 204. The van der Waals surface area contributed by atoms with Crippen LogP contribution in [0.3, 0.4) is 0 Å². The Kier molecular flexibility index (Phi) is 3.66. The number of hydrogen-bond donors (Lipinski definition) is 0. The molecule has 4 nitrogen and oxygen atoms in total. The van der Waals surface area contributed by atoms with Crippen molar-refractivity contribution in [2.45, 2.75) is 6.42 Å². The summed E-state index contributed by atoms with van der Waals surface area (Å²) in [4.78, 5) is 20.5. The van der Waals surface area contributed by atoms with Gasteiger partial charge in [0.05, 0.1) is 18.7 Å². The average Bonchev–Trinajstić information content (AvgIpc) is 1.87. The van der Waals surface area contributed by atoms with E-state index in [9.17, 15) is 14.7 Å². The first-order valence-corrected chi connectivity index (χ1v) is 2.77. The maximum Gasteiger partial charge on any atom is 0.315 e. The van der Waals surface area contributed by atoms with E-state index < -0.39 is 11.9 Å². The van der Waals surface area contributed by atoms with E-state index in [1.807, 2.05) is 0 Å². The van der Waals surface area contributed by atoms with Crippen LogP contribution in [-0.4, -0.2) is 11.9 Å². The Morgan fingerprint density at radius 1 is 1.55 bits per heavy atom. The van der Waals surface area contributed by atoms with Crippen molar-refractivity contribution in [1.82, 2.24) is 0 Å². The van der Waals surface area contributed by atoms with Gasteiger partial charge in [0.1, 0.15) is 0 Å². The molecule has 0 N–H and O–H groups in total. The first-order valence-electron chi connectivity index (χ1n) is 2.77. The zero-order valence-corrected chi connectivity index (χ0v) is 5.83. The maximum atomic E-state index is 10.5. The number of carbonyl (C=O) groups is 2. The quantitative estimate of drug-likeness (QED) is 0.308. The van der Waals surface area contributed by atoms with Gasteiger partial charge in [-0.2, -0.15) is 0 Å². The van der Waals surface area contributed by atoms with Crippen molar-refractivity contribution in [2.75, 3.05) is 0 Å². The van der Waals surface area contributed by atoms with Gasteiger partial charge in [-0.15, -0.1) is 0 Å². The van der Waals surface area contributed by atoms with Crippen molar-refractivity contribution in [1.29, 1.82) is 0 Å². The Hall–Kier alpha value is -1.58. The van der Waals surface area contributed by atoms with Crippen LogP contribution in [0.15, 0.2) is 25.0 Å². The van der Waals surface area contributed by atoms with E-state index in [1.54, 1.807) is 0 Å². The Morgan fingerprint density at radius 3 is 2.45 bits per heavy atom. The van der Waals surface area contributed by atoms with Gasteiger partial charge in [0, 0.05) is 0 Å². The van der Waals surface area contributed by atoms with Crippen LogP contribution in [0, 0.1) is 0 Å². The molecule has 0 aromatic carbocycles. The second-order valence-corrected chi connectivity index (χ2v) is 1.72. The zero-order valence-electron chi connectivity index (χ0n) is 5.83. The third kappa shape index (κ3) is 3.91. The van der Waals surface area contributed by atoms with Crippen molar-refractivity contribution in [3.63, 3.8) is 0 Å². The summed E-state index contributed by atoms with van der Waals surface area (Å²) in [5, 5.41) is 9.99. The van der Waals surface area contributed by atoms with Crippen molar-refractivity contribution < 1.29 is 19.4 Å². The molecule has 60 valence electrons. The molecule has 11 heavy (non-hydrogen) atoms. The molecule has 0 spiro atoms. The fourth-order valence-electron chi connectivity index (χ4n) is 0.381. The molecule has 0 radical (unpaired) electrons. The number of hydrogen-bond acceptors (Lipinski definition) is 4. The smallest absolute Gasteiger partial charge is 0.315 e. The molecule has 0 unspecified atom stereocenters. The highest BCUT2D eigenvalue weighted by Crippen LogP contribution is 1.97. The van der Waals surface area contributed by atoms with Gasteiger partial charge in [-0.05, 0) is 5.57 Å². The molecular weight excluding hydrogens is 148 g/mol. The number of carboxylic acid groups (broad SMARTS) is 1. The van der Waals surface area contributed by atoms with Gasteiger partial charge in [-0.1, -0.05) is 13.2 Å². The summed E-state index contributed by atoms with van der Waals surface area (Å²) in [6.07, 6.45) is 0.541. The fourth-order valence-corrected chi connectivity index (χ4v) is 0.381. The van der Waals surface area contributed by atoms with E-state index in [2.05, 4.69) is 17.9 Å². The molecule has 0 rings (SSSR count). The second-order valence-electron chi connectivity index (χ2n) is 1.72. The Balaban J connectivity index is 3.85. The number of rotatable bonds is 4. The SMILES string of the molecule is C=COC(=O)CC(=C)C(=O)[O-]. The standard InChI is InChI=1S/C7H8O4/c1-3-11-6(8)4-5(2)7(9)10/h3H,1-2,4H2,(H,9,10)/p-1. The highest BCUT2D eigenvalue weighted by Gasteiger charge is 2.03. The van der Waals surface area contributed by atoms with E-state index in [-0.39, 0.29) is 12.0 Å². The van der Waals surface area contributed by atoms with Gasteiger partial charge in [0.2, 0.25) is 0 Å². The van der Waals surface area contributed by atoms with Crippen molar-refractivity contribution in [3.8, 4) is 0 Å². The van der Waals surface area contributed by atoms with Gasteiger partial charge < -0.3 is 14.6 Å². The first-order chi connectivity index (χ1) is 5.07. The summed E-state index contributed by atoms with van der Waals surface area (Å²) in [7, 11) is 0. The summed E-state index contributed by atoms with van der Waals surface area (Å²) in [5.74, 6) is -2.17. The summed E-state index contributed by atoms with van der Waals surface area (Å²) < 4.78 is 4.24. The minimum Gasteiger partial charge on any atom is -0.545 e. The summed E-state index contributed by atoms with van der Waals surface area (Å²) in [6.45, 7) is 6.20. The van der Waals surface area contributed by atoms with Crippen LogP contribution in [0.4, 0.5) is 0 Å². The van der Waals surface area contributed by atoms with Gasteiger partial charge in [-0.25, -0.2) is 0 Å². The summed E-state index contributed by atoms with van der Waals surface area (Å²) in [5.41, 5.74) is -0.308. The highest BCUT2D eigenvalue weighted by atomic mass is 16.5. The van der Waals surface area contributed by atoms with Crippen LogP contribution >= 0.6 is 0 Å².